The van der Waals surface area contributed by atoms with E-state index in [0.717, 1.165) is 18.4 Å². The summed E-state index contributed by atoms with van der Waals surface area (Å²) >= 11 is 0. The molecule has 1 fully saturated rings. The van der Waals surface area contributed by atoms with Crippen molar-refractivity contribution in [1.29, 1.82) is 0 Å². The van der Waals surface area contributed by atoms with E-state index in [4.69, 9.17) is 4.98 Å². The van der Waals surface area contributed by atoms with Crippen LogP contribution in [0.4, 0.5) is 5.69 Å². The largest absolute Gasteiger partial charge is 0.396 e. The number of nitro groups is 1. The Hall–Kier alpha value is -3.53. The Balaban J connectivity index is 1.45. The minimum absolute atomic E-state index is 0.0634. The molecule has 1 saturated carbocycles. The van der Waals surface area contributed by atoms with Crippen LogP contribution in [0.3, 0.4) is 0 Å². The Labute approximate surface area is 170 Å². The molecule has 0 radical (unpaired) electrons. The van der Waals surface area contributed by atoms with Crippen molar-refractivity contribution in [3.05, 3.63) is 69.0 Å². The summed E-state index contributed by atoms with van der Waals surface area (Å²) in [5, 5.41) is 20.1. The topological polar surface area (TPSA) is 120 Å². The van der Waals surface area contributed by atoms with Gasteiger partial charge in [0.25, 0.3) is 11.2 Å². The van der Waals surface area contributed by atoms with E-state index in [-0.39, 0.29) is 23.9 Å². The first-order chi connectivity index (χ1) is 14.5. The number of aryl methyl sites for hydroxylation is 2. The molecule has 5 rings (SSSR count). The molecule has 0 saturated heterocycles. The number of benzene rings is 1. The highest BCUT2D eigenvalue weighted by atomic mass is 16.6. The van der Waals surface area contributed by atoms with Gasteiger partial charge >= 0.3 is 0 Å². The van der Waals surface area contributed by atoms with Gasteiger partial charge in [-0.3, -0.25) is 14.9 Å². The summed E-state index contributed by atoms with van der Waals surface area (Å²) in [6, 6.07) is 6.67. The molecule has 0 atom stereocenters. The average molecular weight is 408 g/mol. The van der Waals surface area contributed by atoms with E-state index >= 15 is 0 Å². The second kappa shape index (κ2) is 7.06. The molecule has 1 aliphatic rings. The summed E-state index contributed by atoms with van der Waals surface area (Å²) in [4.78, 5) is 32.3. The van der Waals surface area contributed by atoms with Crippen LogP contribution in [0.5, 0.6) is 0 Å². The standard InChI is InChI=1S/C20H20N6O4/c27-11-14-9-16(10-14)25-12-21-17-18(25)22-20-23(7-8-24(20)19(17)28)6-5-13-1-3-15(4-2-13)26(29)30/h1-4,7-8,12,14,16,27H,5-6,9-11H2. The Morgan fingerprint density at radius 1 is 1.20 bits per heavy atom. The number of aliphatic hydroxyl groups excluding tert-OH is 1. The Kier molecular flexibility index (Phi) is 4.35. The quantitative estimate of drug-likeness (QED) is 0.384. The molecule has 1 aliphatic carbocycles. The number of aliphatic hydroxyl groups is 1. The number of nitrogens with zero attached hydrogens (tertiary/aromatic N) is 6. The number of non-ortho nitro benzene ring substituents is 1. The SMILES string of the molecule is O=c1c2ncn(C3CC(CO)C3)c2nc2n(CCc3ccc([N+](=O)[O-])cc3)ccn12. The van der Waals surface area contributed by atoms with Crippen LogP contribution in [0.15, 0.2) is 47.8 Å². The fourth-order valence-corrected chi connectivity index (χ4v) is 4.07. The lowest BCUT2D eigenvalue weighted by Gasteiger charge is -2.34. The van der Waals surface area contributed by atoms with Gasteiger partial charge in [0.2, 0.25) is 5.78 Å². The van der Waals surface area contributed by atoms with Crippen molar-refractivity contribution in [3.8, 4) is 0 Å². The molecule has 30 heavy (non-hydrogen) atoms. The summed E-state index contributed by atoms with van der Waals surface area (Å²) < 4.78 is 5.33. The highest BCUT2D eigenvalue weighted by molar-refractivity contribution is 5.72. The Bertz CT molecular complexity index is 1300. The number of aromatic nitrogens is 5. The van der Waals surface area contributed by atoms with Crippen LogP contribution in [0.1, 0.15) is 24.4 Å². The smallest absolute Gasteiger partial charge is 0.287 e. The molecule has 3 heterocycles. The van der Waals surface area contributed by atoms with Crippen LogP contribution in [-0.4, -0.2) is 40.1 Å². The molecule has 10 nitrogen and oxygen atoms in total. The minimum atomic E-state index is -0.418. The van der Waals surface area contributed by atoms with Crippen LogP contribution in [0, 0.1) is 16.0 Å². The molecular weight excluding hydrogens is 388 g/mol. The number of hydrogen-bond donors (Lipinski definition) is 1. The van der Waals surface area contributed by atoms with Crippen molar-refractivity contribution < 1.29 is 10.0 Å². The van der Waals surface area contributed by atoms with Crippen molar-refractivity contribution >= 4 is 22.6 Å². The number of nitro benzene ring substituents is 1. The minimum Gasteiger partial charge on any atom is -0.396 e. The molecule has 1 aromatic carbocycles. The molecule has 4 aromatic rings. The first kappa shape index (κ1) is 18.5. The molecule has 1 N–H and O–H groups in total. The Morgan fingerprint density at radius 2 is 1.97 bits per heavy atom. The predicted molar refractivity (Wildman–Crippen MR) is 108 cm³/mol. The van der Waals surface area contributed by atoms with E-state index < -0.39 is 4.92 Å². The number of fused-ring (bicyclic) bond motifs is 2. The Morgan fingerprint density at radius 3 is 2.67 bits per heavy atom. The van der Waals surface area contributed by atoms with E-state index in [1.807, 2.05) is 15.3 Å². The van der Waals surface area contributed by atoms with Gasteiger partial charge in [-0.2, -0.15) is 4.98 Å². The molecular formula is C20H20N6O4. The zero-order valence-corrected chi connectivity index (χ0v) is 16.1. The van der Waals surface area contributed by atoms with Gasteiger partial charge < -0.3 is 14.2 Å². The van der Waals surface area contributed by atoms with Gasteiger partial charge in [-0.15, -0.1) is 0 Å². The molecule has 0 aliphatic heterocycles. The van der Waals surface area contributed by atoms with Crippen LogP contribution >= 0.6 is 0 Å². The van der Waals surface area contributed by atoms with Crippen LogP contribution < -0.4 is 5.56 Å². The number of hydrogen-bond acceptors (Lipinski definition) is 6. The maximum atomic E-state index is 12.9. The van der Waals surface area contributed by atoms with Gasteiger partial charge in [0.15, 0.2) is 11.2 Å². The van der Waals surface area contributed by atoms with Crippen LogP contribution in [0.2, 0.25) is 0 Å². The summed E-state index contributed by atoms with van der Waals surface area (Å²) in [7, 11) is 0. The number of imidazole rings is 2. The zero-order chi connectivity index (χ0) is 20.8. The zero-order valence-electron chi connectivity index (χ0n) is 16.1. The van der Waals surface area contributed by atoms with Gasteiger partial charge in [0, 0.05) is 43.7 Å². The van der Waals surface area contributed by atoms with Gasteiger partial charge in [0.1, 0.15) is 0 Å². The molecule has 3 aromatic heterocycles. The third-order valence-electron chi connectivity index (χ3n) is 5.91. The second-order valence-electron chi connectivity index (χ2n) is 7.75. The van der Waals surface area contributed by atoms with Crippen molar-refractivity contribution in [2.24, 2.45) is 5.92 Å². The third kappa shape index (κ3) is 2.96. The summed E-state index contributed by atoms with van der Waals surface area (Å²) in [5.41, 5.74) is 1.73. The first-order valence-electron chi connectivity index (χ1n) is 9.83. The highest BCUT2D eigenvalue weighted by Crippen LogP contribution is 2.38. The molecule has 154 valence electrons. The average Bonchev–Trinajstić information content (AvgIpc) is 3.31. The van der Waals surface area contributed by atoms with Crippen molar-refractivity contribution in [3.63, 3.8) is 0 Å². The lowest BCUT2D eigenvalue weighted by Crippen LogP contribution is -2.29. The summed E-state index contributed by atoms with van der Waals surface area (Å²) in [6.45, 7) is 0.755. The van der Waals surface area contributed by atoms with E-state index in [1.165, 1.54) is 16.5 Å². The highest BCUT2D eigenvalue weighted by Gasteiger charge is 2.31. The summed E-state index contributed by atoms with van der Waals surface area (Å²) in [6.07, 6.45) is 7.51. The second-order valence-corrected chi connectivity index (χ2v) is 7.75. The molecule has 0 spiro atoms. The van der Waals surface area contributed by atoms with Crippen molar-refractivity contribution in [1.82, 2.24) is 23.5 Å². The van der Waals surface area contributed by atoms with Gasteiger partial charge in [-0.05, 0) is 30.7 Å². The fourth-order valence-electron chi connectivity index (χ4n) is 4.07. The molecule has 10 heteroatoms. The first-order valence-corrected chi connectivity index (χ1v) is 9.83. The van der Waals surface area contributed by atoms with Crippen LogP contribution in [0.25, 0.3) is 16.9 Å². The lowest BCUT2D eigenvalue weighted by atomic mass is 9.81. The fraction of sp³-hybridized carbons (Fsp3) is 0.350. The number of rotatable bonds is 6. The van der Waals surface area contributed by atoms with Gasteiger partial charge in [-0.25, -0.2) is 9.38 Å². The van der Waals surface area contributed by atoms with E-state index in [9.17, 15) is 20.0 Å². The predicted octanol–water partition coefficient (Wildman–Crippen LogP) is 1.94. The third-order valence-corrected chi connectivity index (χ3v) is 5.91. The summed E-state index contributed by atoms with van der Waals surface area (Å²) in [5.74, 6) is 0.831. The molecule has 0 amide bonds. The monoisotopic (exact) mass is 408 g/mol. The maximum Gasteiger partial charge on any atom is 0.287 e. The van der Waals surface area contributed by atoms with Gasteiger partial charge in [0.05, 0.1) is 11.3 Å². The normalized spacial score (nSPS) is 18.7. The van der Waals surface area contributed by atoms with E-state index in [0.29, 0.717) is 35.8 Å². The van der Waals surface area contributed by atoms with Crippen molar-refractivity contribution in [2.45, 2.75) is 31.8 Å². The van der Waals surface area contributed by atoms with E-state index in [1.54, 1.807) is 24.7 Å². The van der Waals surface area contributed by atoms with Gasteiger partial charge in [-0.1, -0.05) is 12.1 Å². The van der Waals surface area contributed by atoms with Crippen molar-refractivity contribution in [2.75, 3.05) is 6.61 Å². The molecule has 0 bridgehead atoms. The lowest BCUT2D eigenvalue weighted by molar-refractivity contribution is -0.384. The molecule has 0 unspecified atom stereocenters. The van der Waals surface area contributed by atoms with E-state index in [2.05, 4.69) is 4.98 Å². The maximum absolute atomic E-state index is 12.9. The van der Waals surface area contributed by atoms with Crippen LogP contribution in [-0.2, 0) is 13.0 Å².